The fourth-order valence-electron chi connectivity index (χ4n) is 1.34. The van der Waals surface area contributed by atoms with Gasteiger partial charge in [0.05, 0.1) is 7.11 Å². The minimum atomic E-state index is -1.35. The van der Waals surface area contributed by atoms with Gasteiger partial charge in [0.1, 0.15) is 0 Å². The van der Waals surface area contributed by atoms with Crippen LogP contribution in [0, 0.1) is 0 Å². The SMILES string of the molecule is COC(=O)C(C)(Cc1ccccc1)OO. The average Bonchev–Trinajstić information content (AvgIpc) is 2.29. The number of esters is 1. The van der Waals surface area contributed by atoms with Crippen molar-refractivity contribution in [2.45, 2.75) is 18.9 Å². The van der Waals surface area contributed by atoms with Gasteiger partial charge in [-0.15, -0.1) is 0 Å². The fraction of sp³-hybridized carbons (Fsp3) is 0.364. The molecule has 1 aromatic rings. The zero-order valence-electron chi connectivity index (χ0n) is 8.77. The highest BCUT2D eigenvalue weighted by Crippen LogP contribution is 2.18. The quantitative estimate of drug-likeness (QED) is 0.466. The van der Waals surface area contributed by atoms with Crippen molar-refractivity contribution in [2.24, 2.45) is 0 Å². The van der Waals surface area contributed by atoms with Crippen molar-refractivity contribution in [2.75, 3.05) is 7.11 Å². The number of hydrogen-bond acceptors (Lipinski definition) is 4. The first-order chi connectivity index (χ1) is 7.12. The van der Waals surface area contributed by atoms with Crippen molar-refractivity contribution in [1.29, 1.82) is 0 Å². The smallest absolute Gasteiger partial charge is 0.341 e. The lowest BCUT2D eigenvalue weighted by Crippen LogP contribution is -2.40. The molecule has 0 radical (unpaired) electrons. The molecule has 0 spiro atoms. The van der Waals surface area contributed by atoms with Gasteiger partial charge in [-0.1, -0.05) is 30.3 Å². The van der Waals surface area contributed by atoms with E-state index in [1.165, 1.54) is 14.0 Å². The predicted molar refractivity (Wildman–Crippen MR) is 54.3 cm³/mol. The number of methoxy groups -OCH3 is 1. The Bertz CT molecular complexity index is 323. The summed E-state index contributed by atoms with van der Waals surface area (Å²) in [6.07, 6.45) is 0.261. The van der Waals surface area contributed by atoms with Crippen molar-refractivity contribution in [3.05, 3.63) is 35.9 Å². The first-order valence-electron chi connectivity index (χ1n) is 4.57. The highest BCUT2D eigenvalue weighted by atomic mass is 17.1. The maximum absolute atomic E-state index is 11.4. The van der Waals surface area contributed by atoms with Gasteiger partial charge in [0.25, 0.3) is 0 Å². The third-order valence-electron chi connectivity index (χ3n) is 2.20. The zero-order chi connectivity index (χ0) is 11.3. The van der Waals surface area contributed by atoms with Gasteiger partial charge in [-0.2, -0.15) is 0 Å². The second kappa shape index (κ2) is 4.91. The highest BCUT2D eigenvalue weighted by molar-refractivity contribution is 5.79. The molecular formula is C11H14O4. The van der Waals surface area contributed by atoms with Crippen LogP contribution in [0.25, 0.3) is 0 Å². The van der Waals surface area contributed by atoms with E-state index in [0.717, 1.165) is 5.56 Å². The van der Waals surface area contributed by atoms with E-state index in [1.807, 2.05) is 30.3 Å². The molecule has 0 bridgehead atoms. The van der Waals surface area contributed by atoms with E-state index >= 15 is 0 Å². The summed E-state index contributed by atoms with van der Waals surface area (Å²) in [4.78, 5) is 15.6. The van der Waals surface area contributed by atoms with Gasteiger partial charge in [-0.3, -0.25) is 5.26 Å². The van der Waals surface area contributed by atoms with Crippen molar-refractivity contribution < 1.29 is 19.7 Å². The summed E-state index contributed by atoms with van der Waals surface area (Å²) < 4.78 is 4.55. The van der Waals surface area contributed by atoms with E-state index < -0.39 is 11.6 Å². The first-order valence-corrected chi connectivity index (χ1v) is 4.57. The molecule has 0 fully saturated rings. The highest BCUT2D eigenvalue weighted by Gasteiger charge is 2.36. The Balaban J connectivity index is 2.81. The van der Waals surface area contributed by atoms with Crippen molar-refractivity contribution in [1.82, 2.24) is 0 Å². The van der Waals surface area contributed by atoms with Crippen molar-refractivity contribution in [3.8, 4) is 0 Å². The molecule has 1 rings (SSSR count). The van der Waals surface area contributed by atoms with Gasteiger partial charge >= 0.3 is 5.97 Å². The molecular weight excluding hydrogens is 196 g/mol. The van der Waals surface area contributed by atoms with E-state index in [2.05, 4.69) is 9.62 Å². The summed E-state index contributed by atoms with van der Waals surface area (Å²) in [5.41, 5.74) is -0.463. The van der Waals surface area contributed by atoms with Crippen LogP contribution in [0.5, 0.6) is 0 Å². The molecule has 1 unspecified atom stereocenters. The van der Waals surface area contributed by atoms with Crippen LogP contribution in [0.3, 0.4) is 0 Å². The Morgan fingerprint density at radius 2 is 2.00 bits per heavy atom. The van der Waals surface area contributed by atoms with Gasteiger partial charge < -0.3 is 4.74 Å². The largest absolute Gasteiger partial charge is 0.467 e. The summed E-state index contributed by atoms with van der Waals surface area (Å²) in [6, 6.07) is 9.27. The maximum atomic E-state index is 11.4. The number of ether oxygens (including phenoxy) is 1. The predicted octanol–water partition coefficient (Wildman–Crippen LogP) is 1.65. The lowest BCUT2D eigenvalue weighted by atomic mass is 9.97. The Labute approximate surface area is 88.4 Å². The van der Waals surface area contributed by atoms with Gasteiger partial charge in [0, 0.05) is 6.42 Å². The summed E-state index contributed by atoms with van der Waals surface area (Å²) in [5, 5.41) is 8.75. The van der Waals surface area contributed by atoms with E-state index in [9.17, 15) is 4.79 Å². The molecule has 0 amide bonds. The molecule has 4 nitrogen and oxygen atoms in total. The second-order valence-electron chi connectivity index (χ2n) is 3.48. The molecule has 0 aliphatic heterocycles. The van der Waals surface area contributed by atoms with E-state index in [0.29, 0.717) is 0 Å². The summed E-state index contributed by atoms with van der Waals surface area (Å²) in [5.74, 6) is -0.603. The van der Waals surface area contributed by atoms with Crippen molar-refractivity contribution >= 4 is 5.97 Å². The molecule has 15 heavy (non-hydrogen) atoms. The average molecular weight is 210 g/mol. The fourth-order valence-corrected chi connectivity index (χ4v) is 1.34. The van der Waals surface area contributed by atoms with Crippen LogP contribution in [0.1, 0.15) is 12.5 Å². The van der Waals surface area contributed by atoms with Crippen LogP contribution in [-0.2, 0) is 20.8 Å². The van der Waals surface area contributed by atoms with Crippen LogP contribution in [0.2, 0.25) is 0 Å². The molecule has 4 heteroatoms. The van der Waals surface area contributed by atoms with Gasteiger partial charge in [0.2, 0.25) is 5.60 Å². The molecule has 0 aliphatic rings. The number of hydrogen-bond donors (Lipinski definition) is 1. The van der Waals surface area contributed by atoms with E-state index in [-0.39, 0.29) is 6.42 Å². The zero-order valence-corrected chi connectivity index (χ0v) is 8.77. The Morgan fingerprint density at radius 1 is 1.40 bits per heavy atom. The van der Waals surface area contributed by atoms with E-state index in [4.69, 9.17) is 5.26 Å². The standard InChI is InChI=1S/C11H14O4/c1-11(15-13,10(12)14-2)8-9-6-4-3-5-7-9/h3-7,13H,8H2,1-2H3. The molecule has 82 valence electrons. The minimum Gasteiger partial charge on any atom is -0.467 e. The van der Waals surface area contributed by atoms with Gasteiger partial charge in [-0.25, -0.2) is 9.68 Å². The molecule has 1 atom stereocenters. The third-order valence-corrected chi connectivity index (χ3v) is 2.20. The molecule has 0 saturated carbocycles. The van der Waals surface area contributed by atoms with Crippen LogP contribution in [-0.4, -0.2) is 23.9 Å². The Kier molecular flexibility index (Phi) is 3.82. The molecule has 1 aromatic carbocycles. The summed E-state index contributed by atoms with van der Waals surface area (Å²) in [7, 11) is 1.25. The van der Waals surface area contributed by atoms with E-state index in [1.54, 1.807) is 0 Å². The third kappa shape index (κ3) is 2.78. The van der Waals surface area contributed by atoms with Crippen molar-refractivity contribution in [3.63, 3.8) is 0 Å². The number of carbonyl (C=O) groups is 1. The second-order valence-corrected chi connectivity index (χ2v) is 3.48. The maximum Gasteiger partial charge on any atom is 0.341 e. The van der Waals surface area contributed by atoms with Crippen LogP contribution < -0.4 is 0 Å². The Hall–Kier alpha value is -1.39. The Morgan fingerprint density at radius 3 is 2.47 bits per heavy atom. The topological polar surface area (TPSA) is 55.8 Å². The summed E-state index contributed by atoms with van der Waals surface area (Å²) >= 11 is 0. The van der Waals surface area contributed by atoms with Crippen LogP contribution in [0.4, 0.5) is 0 Å². The number of benzene rings is 1. The number of carbonyl (C=O) groups excluding carboxylic acids is 1. The normalized spacial score (nSPS) is 14.3. The lowest BCUT2D eigenvalue weighted by molar-refractivity contribution is -0.312. The monoisotopic (exact) mass is 210 g/mol. The molecule has 0 aromatic heterocycles. The minimum absolute atomic E-state index is 0.261. The van der Waals surface area contributed by atoms with Gasteiger partial charge in [0.15, 0.2) is 0 Å². The van der Waals surface area contributed by atoms with Crippen LogP contribution in [0.15, 0.2) is 30.3 Å². The lowest BCUT2D eigenvalue weighted by Gasteiger charge is -2.22. The first kappa shape index (κ1) is 11.7. The molecule has 0 saturated heterocycles. The molecule has 0 aliphatic carbocycles. The molecule has 1 N–H and O–H groups in total. The van der Waals surface area contributed by atoms with Gasteiger partial charge in [-0.05, 0) is 12.5 Å². The molecule has 0 heterocycles. The summed E-state index contributed by atoms with van der Waals surface area (Å²) in [6.45, 7) is 1.48. The number of rotatable bonds is 4. The van der Waals surface area contributed by atoms with Crippen LogP contribution >= 0.6 is 0 Å².